The van der Waals surface area contributed by atoms with Crippen LogP contribution >= 0.6 is 0 Å². The van der Waals surface area contributed by atoms with Crippen molar-refractivity contribution in [1.82, 2.24) is 9.99 Å². The lowest BCUT2D eigenvalue weighted by molar-refractivity contribution is 0.0209. The normalized spacial score (nSPS) is 23.9. The van der Waals surface area contributed by atoms with Gasteiger partial charge in [-0.05, 0) is 12.1 Å². The van der Waals surface area contributed by atoms with Crippen molar-refractivity contribution in [2.75, 3.05) is 31.3 Å². The average Bonchev–Trinajstić information content (AvgIpc) is 2.98. The molecule has 2 atom stereocenters. The molecular weight excluding hydrogens is 298 g/mol. The Morgan fingerprint density at radius 3 is 2.91 bits per heavy atom. The Balaban J connectivity index is 1.88. The lowest BCUT2D eigenvalue weighted by Gasteiger charge is -2.26. The number of carboxylic acid groups (broad SMARTS) is 1. The summed E-state index contributed by atoms with van der Waals surface area (Å²) in [6, 6.07) is 8.45. The van der Waals surface area contributed by atoms with E-state index in [9.17, 15) is 14.7 Å². The number of nitrogens with one attached hydrogen (secondary N) is 1. The zero-order chi connectivity index (χ0) is 16.0. The maximum absolute atomic E-state index is 12.2. The van der Waals surface area contributed by atoms with E-state index in [-0.39, 0.29) is 23.3 Å². The van der Waals surface area contributed by atoms with Crippen molar-refractivity contribution in [2.45, 2.75) is 12.1 Å². The maximum atomic E-state index is 12.2. The van der Waals surface area contributed by atoms with Crippen LogP contribution < -0.4 is 15.8 Å². The van der Waals surface area contributed by atoms with Gasteiger partial charge in [0, 0.05) is 18.0 Å². The Kier molecular flexibility index (Phi) is 3.32. The number of pyridine rings is 1. The predicted molar refractivity (Wildman–Crippen MR) is 84.6 cm³/mol. The lowest BCUT2D eigenvalue weighted by atomic mass is 10.2. The van der Waals surface area contributed by atoms with Crippen molar-refractivity contribution in [1.29, 1.82) is 0 Å². The molecule has 2 N–H and O–H groups in total. The van der Waals surface area contributed by atoms with Crippen LogP contribution in [0.3, 0.4) is 0 Å². The summed E-state index contributed by atoms with van der Waals surface area (Å²) in [5.74, 6) is -1.11. The fraction of sp³-hybridized carbons (Fsp3) is 0.375. The second-order valence-corrected chi connectivity index (χ2v) is 5.87. The van der Waals surface area contributed by atoms with Gasteiger partial charge in [0.25, 0.3) is 0 Å². The fourth-order valence-corrected chi connectivity index (χ4v) is 3.45. The Morgan fingerprint density at radius 1 is 1.30 bits per heavy atom. The largest absolute Gasteiger partial charge is 0.477 e. The van der Waals surface area contributed by atoms with Gasteiger partial charge in [0.1, 0.15) is 0 Å². The number of rotatable bonds is 2. The predicted octanol–water partition coefficient (Wildman–Crippen LogP) is 0.00830. The highest BCUT2D eigenvalue weighted by atomic mass is 16.5. The van der Waals surface area contributed by atoms with E-state index in [1.54, 1.807) is 22.9 Å². The number of para-hydroxylation sites is 1. The number of aromatic carboxylic acids is 1. The van der Waals surface area contributed by atoms with E-state index >= 15 is 0 Å². The van der Waals surface area contributed by atoms with Crippen molar-refractivity contribution >= 4 is 16.9 Å². The summed E-state index contributed by atoms with van der Waals surface area (Å²) in [5.41, 5.74) is 0.309. The van der Waals surface area contributed by atoms with Crippen molar-refractivity contribution in [3.8, 4) is 0 Å². The monoisotopic (exact) mass is 315 g/mol. The Morgan fingerprint density at radius 2 is 2.13 bits per heavy atom. The number of fused-ring (bicyclic) bond motifs is 2. The molecule has 0 aliphatic carbocycles. The average molecular weight is 315 g/mol. The molecule has 0 spiro atoms. The van der Waals surface area contributed by atoms with Crippen LogP contribution in [0.1, 0.15) is 10.5 Å². The third-order valence-electron chi connectivity index (χ3n) is 4.48. The van der Waals surface area contributed by atoms with Gasteiger partial charge in [0.15, 0.2) is 11.1 Å². The molecule has 7 nitrogen and oxygen atoms in total. The van der Waals surface area contributed by atoms with Gasteiger partial charge in [-0.1, -0.05) is 12.1 Å². The number of benzene rings is 1. The SMILES string of the molecule is O=C(O)c1cc(=O)c2ccccc2n1N1C[C@@H]2NCCO[C@H]2C1. The number of morpholine rings is 1. The first-order valence-electron chi connectivity index (χ1n) is 7.63. The molecule has 3 heterocycles. The summed E-state index contributed by atoms with van der Waals surface area (Å²) in [6.07, 6.45) is 0.0311. The number of aromatic nitrogens is 1. The van der Waals surface area contributed by atoms with Gasteiger partial charge in [0.2, 0.25) is 0 Å². The maximum Gasteiger partial charge on any atom is 0.354 e. The molecule has 0 bridgehead atoms. The van der Waals surface area contributed by atoms with E-state index in [0.717, 1.165) is 6.54 Å². The molecule has 2 aliphatic heterocycles. The first-order chi connectivity index (χ1) is 11.1. The summed E-state index contributed by atoms with van der Waals surface area (Å²) in [6.45, 7) is 2.68. The molecule has 1 aromatic carbocycles. The van der Waals surface area contributed by atoms with Gasteiger partial charge in [-0.25, -0.2) is 9.47 Å². The molecular formula is C16H17N3O4. The Labute approximate surface area is 132 Å². The van der Waals surface area contributed by atoms with E-state index in [2.05, 4.69) is 5.32 Å². The van der Waals surface area contributed by atoms with Crippen molar-refractivity contribution in [3.63, 3.8) is 0 Å². The molecule has 7 heteroatoms. The number of carbonyl (C=O) groups is 1. The zero-order valence-electron chi connectivity index (χ0n) is 12.4. The van der Waals surface area contributed by atoms with Crippen LogP contribution in [0.4, 0.5) is 0 Å². The van der Waals surface area contributed by atoms with Gasteiger partial charge >= 0.3 is 5.97 Å². The third-order valence-corrected chi connectivity index (χ3v) is 4.48. The Bertz CT molecular complexity index is 818. The van der Waals surface area contributed by atoms with Crippen LogP contribution in [-0.2, 0) is 4.74 Å². The van der Waals surface area contributed by atoms with Gasteiger partial charge in [0.05, 0.1) is 37.4 Å². The number of hydrogen-bond acceptors (Lipinski definition) is 5. The minimum absolute atomic E-state index is 0.0210. The number of nitrogens with zero attached hydrogens (tertiary/aromatic N) is 2. The summed E-state index contributed by atoms with van der Waals surface area (Å²) < 4.78 is 7.40. The van der Waals surface area contributed by atoms with Crippen LogP contribution in [0.15, 0.2) is 35.1 Å². The summed E-state index contributed by atoms with van der Waals surface area (Å²) >= 11 is 0. The topological polar surface area (TPSA) is 83.8 Å². The molecule has 1 aromatic heterocycles. The Hall–Kier alpha value is -2.38. The first kappa shape index (κ1) is 14.2. The molecule has 2 fully saturated rings. The molecule has 0 unspecified atom stereocenters. The fourth-order valence-electron chi connectivity index (χ4n) is 3.45. The molecule has 2 saturated heterocycles. The van der Waals surface area contributed by atoms with Gasteiger partial charge < -0.3 is 20.2 Å². The molecule has 0 amide bonds. The number of hydrogen-bond donors (Lipinski definition) is 2. The number of carboxylic acids is 1. The van der Waals surface area contributed by atoms with Crippen LogP contribution in [0.5, 0.6) is 0 Å². The van der Waals surface area contributed by atoms with Gasteiger partial charge in [-0.3, -0.25) is 4.79 Å². The van der Waals surface area contributed by atoms with Crippen molar-refractivity contribution in [3.05, 3.63) is 46.2 Å². The van der Waals surface area contributed by atoms with Crippen LogP contribution in [0, 0.1) is 0 Å². The van der Waals surface area contributed by atoms with Crippen LogP contribution in [0.2, 0.25) is 0 Å². The van der Waals surface area contributed by atoms with E-state index in [1.807, 2.05) is 11.1 Å². The van der Waals surface area contributed by atoms with E-state index < -0.39 is 5.97 Å². The quantitative estimate of drug-likeness (QED) is 0.812. The molecule has 0 radical (unpaired) electrons. The molecule has 0 saturated carbocycles. The second kappa shape index (κ2) is 5.36. The minimum atomic E-state index is -1.11. The summed E-state index contributed by atoms with van der Waals surface area (Å²) in [5, 5.41) is 15.4. The van der Waals surface area contributed by atoms with Crippen molar-refractivity contribution < 1.29 is 14.6 Å². The summed E-state index contributed by atoms with van der Waals surface area (Å²) in [7, 11) is 0. The number of ether oxygens (including phenoxy) is 1. The van der Waals surface area contributed by atoms with E-state index in [4.69, 9.17) is 4.74 Å². The van der Waals surface area contributed by atoms with Crippen LogP contribution in [0.25, 0.3) is 10.9 Å². The zero-order valence-corrected chi connectivity index (χ0v) is 12.4. The molecule has 2 aliphatic rings. The minimum Gasteiger partial charge on any atom is -0.477 e. The highest BCUT2D eigenvalue weighted by Crippen LogP contribution is 2.20. The molecule has 120 valence electrons. The smallest absolute Gasteiger partial charge is 0.354 e. The third kappa shape index (κ3) is 2.29. The van der Waals surface area contributed by atoms with Crippen molar-refractivity contribution in [2.24, 2.45) is 0 Å². The highest BCUT2D eigenvalue weighted by Gasteiger charge is 2.37. The van der Waals surface area contributed by atoms with E-state index in [1.165, 1.54) is 6.07 Å². The molecule has 4 rings (SSSR count). The van der Waals surface area contributed by atoms with E-state index in [0.29, 0.717) is 30.6 Å². The standard InChI is InChI=1S/C16H17N3O4/c20-14-7-13(16(21)22)19(12-4-2-1-3-10(12)14)18-8-11-15(9-18)23-6-5-17-11/h1-4,7,11,15,17H,5-6,8-9H2,(H,21,22)/t11-,15-/m0/s1. The van der Waals surface area contributed by atoms with Gasteiger partial charge in [-0.2, -0.15) is 0 Å². The second-order valence-electron chi connectivity index (χ2n) is 5.87. The van der Waals surface area contributed by atoms with Gasteiger partial charge in [-0.15, -0.1) is 0 Å². The molecule has 23 heavy (non-hydrogen) atoms. The van der Waals surface area contributed by atoms with Crippen LogP contribution in [-0.4, -0.2) is 54.1 Å². The lowest BCUT2D eigenvalue weighted by Crippen LogP contribution is -2.47. The highest BCUT2D eigenvalue weighted by molar-refractivity contribution is 5.90. The molecule has 2 aromatic rings. The first-order valence-corrected chi connectivity index (χ1v) is 7.63. The summed E-state index contributed by atoms with van der Waals surface area (Å²) in [4.78, 5) is 23.8.